The van der Waals surface area contributed by atoms with Crippen LogP contribution in [0.1, 0.15) is 11.7 Å². The number of guanidine groups is 1. The minimum absolute atomic E-state index is 0.153. The molecule has 0 spiro atoms. The van der Waals surface area contributed by atoms with E-state index in [2.05, 4.69) is 10.3 Å². The third-order valence-electron chi connectivity index (χ3n) is 3.30. The molecule has 0 radical (unpaired) electrons. The summed E-state index contributed by atoms with van der Waals surface area (Å²) in [7, 11) is 3.18. The van der Waals surface area contributed by atoms with E-state index < -0.39 is 6.10 Å². The summed E-state index contributed by atoms with van der Waals surface area (Å²) in [6, 6.07) is 14.6. The topological polar surface area (TPSA) is 89.1 Å². The fourth-order valence-electron chi connectivity index (χ4n) is 2.04. The molecule has 0 aliphatic heterocycles. The average Bonchev–Trinajstić information content (AvgIpc) is 2.60. The number of hydrogen-bond acceptors (Lipinski definition) is 4. The Morgan fingerprint density at radius 2 is 1.83 bits per heavy atom. The lowest BCUT2D eigenvalue weighted by atomic mass is 10.1. The van der Waals surface area contributed by atoms with Gasteiger partial charge in [-0.25, -0.2) is 0 Å². The highest BCUT2D eigenvalue weighted by atomic mass is 16.5. The van der Waals surface area contributed by atoms with Gasteiger partial charge in [-0.1, -0.05) is 24.3 Å². The number of para-hydroxylation sites is 2. The average molecular weight is 315 g/mol. The molecule has 23 heavy (non-hydrogen) atoms. The van der Waals surface area contributed by atoms with Crippen molar-refractivity contribution in [2.75, 3.05) is 26.1 Å². The van der Waals surface area contributed by atoms with Gasteiger partial charge in [0.15, 0.2) is 5.96 Å². The molecule has 0 aliphatic carbocycles. The van der Waals surface area contributed by atoms with E-state index in [4.69, 9.17) is 15.2 Å². The van der Waals surface area contributed by atoms with Gasteiger partial charge in [0.2, 0.25) is 0 Å². The first-order chi connectivity index (χ1) is 11.1. The number of aliphatic imine (C=N–C) groups is 1. The molecule has 0 bridgehead atoms. The van der Waals surface area contributed by atoms with Gasteiger partial charge in [-0.2, -0.15) is 0 Å². The van der Waals surface area contributed by atoms with E-state index in [1.54, 1.807) is 38.5 Å². The number of benzene rings is 2. The lowest BCUT2D eigenvalue weighted by Gasteiger charge is -2.12. The highest BCUT2D eigenvalue weighted by Crippen LogP contribution is 2.22. The standard InChI is InChI=1S/C17H21N3O3/c1-22-13-9-7-12(8-10-13)15(21)11-19-17(18)20-14-5-3-4-6-16(14)23-2/h3-10,15,21H,11H2,1-2H3,(H3,18,19,20). The zero-order valence-electron chi connectivity index (χ0n) is 13.2. The zero-order chi connectivity index (χ0) is 16.7. The van der Waals surface area contributed by atoms with Crippen LogP contribution in [-0.2, 0) is 0 Å². The molecule has 0 aliphatic rings. The lowest BCUT2D eigenvalue weighted by Crippen LogP contribution is -2.24. The van der Waals surface area contributed by atoms with Crippen LogP contribution in [0.4, 0.5) is 5.69 Å². The van der Waals surface area contributed by atoms with Crippen molar-refractivity contribution in [2.24, 2.45) is 10.7 Å². The molecular formula is C17H21N3O3. The van der Waals surface area contributed by atoms with Crippen LogP contribution in [0.3, 0.4) is 0 Å². The predicted octanol–water partition coefficient (Wildman–Crippen LogP) is 2.16. The van der Waals surface area contributed by atoms with Crippen LogP contribution in [0.15, 0.2) is 53.5 Å². The lowest BCUT2D eigenvalue weighted by molar-refractivity contribution is 0.187. The van der Waals surface area contributed by atoms with E-state index in [9.17, 15) is 5.11 Å². The van der Waals surface area contributed by atoms with Crippen molar-refractivity contribution in [1.82, 2.24) is 0 Å². The van der Waals surface area contributed by atoms with Gasteiger partial charge < -0.3 is 25.6 Å². The first-order valence-electron chi connectivity index (χ1n) is 7.16. The second-order valence-corrected chi connectivity index (χ2v) is 4.84. The third kappa shape index (κ3) is 4.62. The fourth-order valence-corrected chi connectivity index (χ4v) is 2.04. The molecule has 2 rings (SSSR count). The van der Waals surface area contributed by atoms with Crippen LogP contribution in [0.25, 0.3) is 0 Å². The molecule has 2 aromatic rings. The van der Waals surface area contributed by atoms with Crippen molar-refractivity contribution in [1.29, 1.82) is 0 Å². The van der Waals surface area contributed by atoms with Crippen LogP contribution in [0.2, 0.25) is 0 Å². The van der Waals surface area contributed by atoms with Gasteiger partial charge in [-0.05, 0) is 29.8 Å². The van der Waals surface area contributed by atoms with Crippen molar-refractivity contribution in [3.05, 3.63) is 54.1 Å². The number of nitrogens with zero attached hydrogens (tertiary/aromatic N) is 1. The van der Waals surface area contributed by atoms with Crippen molar-refractivity contribution >= 4 is 11.6 Å². The minimum atomic E-state index is -0.737. The van der Waals surface area contributed by atoms with Crippen molar-refractivity contribution in [3.8, 4) is 11.5 Å². The Hall–Kier alpha value is -2.73. The van der Waals surface area contributed by atoms with Crippen LogP contribution in [0.5, 0.6) is 11.5 Å². The number of aliphatic hydroxyl groups excluding tert-OH is 1. The summed E-state index contributed by atoms with van der Waals surface area (Å²) in [5, 5.41) is 13.1. The van der Waals surface area contributed by atoms with E-state index in [1.165, 1.54) is 0 Å². The molecule has 6 nitrogen and oxygen atoms in total. The zero-order valence-corrected chi connectivity index (χ0v) is 13.2. The predicted molar refractivity (Wildman–Crippen MR) is 91.1 cm³/mol. The molecule has 0 saturated carbocycles. The number of methoxy groups -OCH3 is 2. The monoisotopic (exact) mass is 315 g/mol. The highest BCUT2D eigenvalue weighted by Gasteiger charge is 2.08. The maximum Gasteiger partial charge on any atom is 0.193 e. The Kier molecular flexibility index (Phi) is 5.82. The maximum absolute atomic E-state index is 10.1. The molecule has 4 N–H and O–H groups in total. The Morgan fingerprint density at radius 1 is 1.13 bits per heavy atom. The summed E-state index contributed by atoms with van der Waals surface area (Å²) >= 11 is 0. The largest absolute Gasteiger partial charge is 0.497 e. The second-order valence-electron chi connectivity index (χ2n) is 4.84. The van der Waals surface area contributed by atoms with Gasteiger partial charge in [0.05, 0.1) is 32.6 Å². The first-order valence-corrected chi connectivity index (χ1v) is 7.16. The molecule has 1 unspecified atom stereocenters. The van der Waals surface area contributed by atoms with Crippen LogP contribution >= 0.6 is 0 Å². The summed E-state index contributed by atoms with van der Waals surface area (Å²) < 4.78 is 10.3. The summed E-state index contributed by atoms with van der Waals surface area (Å²) in [4.78, 5) is 4.16. The van der Waals surface area contributed by atoms with Gasteiger partial charge >= 0.3 is 0 Å². The Labute approximate surface area is 135 Å². The first kappa shape index (κ1) is 16.6. The molecule has 0 aromatic heterocycles. The summed E-state index contributed by atoms with van der Waals surface area (Å²) in [6.07, 6.45) is -0.737. The molecule has 0 amide bonds. The van der Waals surface area contributed by atoms with Gasteiger partial charge in [0.25, 0.3) is 0 Å². The quantitative estimate of drug-likeness (QED) is 0.561. The molecule has 1 atom stereocenters. The molecule has 0 heterocycles. The second kappa shape index (κ2) is 8.05. The van der Waals surface area contributed by atoms with Crippen molar-refractivity contribution in [3.63, 3.8) is 0 Å². The summed E-state index contributed by atoms with van der Waals surface area (Å²) in [5.74, 6) is 1.62. The Morgan fingerprint density at radius 3 is 2.48 bits per heavy atom. The number of nitrogens with one attached hydrogen (secondary N) is 1. The van der Waals surface area contributed by atoms with Gasteiger partial charge in [-0.15, -0.1) is 0 Å². The Balaban J connectivity index is 1.97. The third-order valence-corrected chi connectivity index (χ3v) is 3.30. The van der Waals surface area contributed by atoms with Crippen molar-refractivity contribution < 1.29 is 14.6 Å². The Bertz CT molecular complexity index is 656. The van der Waals surface area contributed by atoms with E-state index in [-0.39, 0.29) is 12.5 Å². The van der Waals surface area contributed by atoms with Gasteiger partial charge in [-0.3, -0.25) is 4.99 Å². The SMILES string of the molecule is COc1ccc(C(O)CN=C(N)Nc2ccccc2OC)cc1. The summed E-state index contributed by atoms with van der Waals surface area (Å²) in [6.45, 7) is 0.153. The molecular weight excluding hydrogens is 294 g/mol. The fraction of sp³-hybridized carbons (Fsp3) is 0.235. The molecule has 2 aromatic carbocycles. The number of ether oxygens (including phenoxy) is 2. The molecule has 6 heteroatoms. The van der Waals surface area contributed by atoms with Gasteiger partial charge in [0, 0.05) is 0 Å². The van der Waals surface area contributed by atoms with E-state index in [1.807, 2.05) is 24.3 Å². The number of nitrogens with two attached hydrogens (primary N) is 1. The molecule has 0 fully saturated rings. The van der Waals surface area contributed by atoms with Crippen LogP contribution in [-0.4, -0.2) is 31.8 Å². The van der Waals surface area contributed by atoms with Gasteiger partial charge in [0.1, 0.15) is 11.5 Å². The molecule has 0 saturated heterocycles. The van der Waals surface area contributed by atoms with E-state index in [0.717, 1.165) is 17.0 Å². The maximum atomic E-state index is 10.1. The smallest absolute Gasteiger partial charge is 0.193 e. The van der Waals surface area contributed by atoms with Crippen LogP contribution < -0.4 is 20.5 Å². The number of anilines is 1. The minimum Gasteiger partial charge on any atom is -0.497 e. The van der Waals surface area contributed by atoms with Crippen LogP contribution in [0, 0.1) is 0 Å². The number of hydrogen-bond donors (Lipinski definition) is 3. The van der Waals surface area contributed by atoms with E-state index in [0.29, 0.717) is 5.75 Å². The number of aliphatic hydroxyl groups is 1. The normalized spacial score (nSPS) is 12.6. The molecule has 122 valence electrons. The van der Waals surface area contributed by atoms with E-state index >= 15 is 0 Å². The summed E-state index contributed by atoms with van der Waals surface area (Å²) in [5.41, 5.74) is 7.32. The highest BCUT2D eigenvalue weighted by molar-refractivity contribution is 5.93. The van der Waals surface area contributed by atoms with Crippen molar-refractivity contribution in [2.45, 2.75) is 6.10 Å². The number of rotatable bonds is 6.